The molecule has 16 heavy (non-hydrogen) atoms. The van der Waals surface area contributed by atoms with Gasteiger partial charge < -0.3 is 15.9 Å². The van der Waals surface area contributed by atoms with Gasteiger partial charge in [-0.05, 0) is 0 Å². The van der Waals surface area contributed by atoms with Crippen LogP contribution in [0.1, 0.15) is 19.5 Å². The fourth-order valence-corrected chi connectivity index (χ4v) is 1.42. The van der Waals surface area contributed by atoms with Crippen LogP contribution in [0, 0.1) is 0 Å². The predicted octanol–water partition coefficient (Wildman–Crippen LogP) is -0.682. The highest BCUT2D eigenvalue weighted by Gasteiger charge is 2.27. The Kier molecular flexibility index (Phi) is 3.48. The van der Waals surface area contributed by atoms with Crippen molar-refractivity contribution >= 4 is 5.95 Å². The quantitative estimate of drug-likeness (QED) is 0.662. The molecule has 3 N–H and O–H groups in total. The van der Waals surface area contributed by atoms with Crippen LogP contribution in [0.15, 0.2) is 4.79 Å². The number of nitrogens with two attached hydrogens (primary N) is 1. The zero-order valence-corrected chi connectivity index (χ0v) is 9.94. The number of hydrogen-bond donors (Lipinski definition) is 2. The van der Waals surface area contributed by atoms with Crippen molar-refractivity contribution in [2.75, 3.05) is 31.9 Å². The van der Waals surface area contributed by atoms with Gasteiger partial charge in [0.2, 0.25) is 5.95 Å². The zero-order valence-electron chi connectivity index (χ0n) is 9.94. The van der Waals surface area contributed by atoms with Gasteiger partial charge in [-0.15, -0.1) is 10.2 Å². The first-order chi connectivity index (χ1) is 7.44. The monoisotopic (exact) mass is 227 g/mol. The van der Waals surface area contributed by atoms with Crippen LogP contribution in [-0.4, -0.2) is 35.6 Å². The molecule has 1 aromatic rings. The molecule has 0 aliphatic heterocycles. The molecule has 0 saturated heterocycles. The second-order valence-corrected chi connectivity index (χ2v) is 4.11. The Bertz CT molecular complexity index is 426. The van der Waals surface area contributed by atoms with Gasteiger partial charge >= 0.3 is 0 Å². The SMILES string of the molecule is CNc1nnc(C(C)(C)COC)c(=O)n1N. The van der Waals surface area contributed by atoms with Crippen LogP contribution in [-0.2, 0) is 10.2 Å². The standard InChI is InChI=1S/C9H17N5O2/c1-9(2,5-16-4)6-7(15)14(10)8(11-3)13-12-6/h5,10H2,1-4H3,(H,11,13). The second-order valence-electron chi connectivity index (χ2n) is 4.11. The first kappa shape index (κ1) is 12.4. The molecule has 0 atom stereocenters. The number of methoxy groups -OCH3 is 1. The van der Waals surface area contributed by atoms with E-state index in [1.807, 2.05) is 13.8 Å². The van der Waals surface area contributed by atoms with Gasteiger partial charge in [-0.1, -0.05) is 13.8 Å². The Hall–Kier alpha value is -1.63. The number of rotatable bonds is 4. The van der Waals surface area contributed by atoms with Gasteiger partial charge in [0.1, 0.15) is 5.69 Å². The van der Waals surface area contributed by atoms with Crippen molar-refractivity contribution in [2.45, 2.75) is 19.3 Å². The largest absolute Gasteiger partial charge is 0.384 e. The molecule has 0 unspecified atom stereocenters. The van der Waals surface area contributed by atoms with Crippen LogP contribution in [0.3, 0.4) is 0 Å². The third-order valence-electron chi connectivity index (χ3n) is 2.26. The lowest BCUT2D eigenvalue weighted by Gasteiger charge is -2.21. The summed E-state index contributed by atoms with van der Waals surface area (Å²) in [4.78, 5) is 11.9. The van der Waals surface area contributed by atoms with Crippen LogP contribution < -0.4 is 16.7 Å². The molecule has 7 nitrogen and oxygen atoms in total. The van der Waals surface area contributed by atoms with Crippen molar-refractivity contribution in [1.29, 1.82) is 0 Å². The minimum Gasteiger partial charge on any atom is -0.384 e. The highest BCUT2D eigenvalue weighted by atomic mass is 16.5. The molecule has 0 radical (unpaired) electrons. The van der Waals surface area contributed by atoms with Crippen molar-refractivity contribution < 1.29 is 4.74 Å². The molecule has 0 saturated carbocycles. The van der Waals surface area contributed by atoms with Gasteiger partial charge in [0.05, 0.1) is 6.61 Å². The van der Waals surface area contributed by atoms with E-state index in [0.29, 0.717) is 6.61 Å². The number of hydrogen-bond acceptors (Lipinski definition) is 6. The van der Waals surface area contributed by atoms with Crippen LogP contribution >= 0.6 is 0 Å². The highest BCUT2D eigenvalue weighted by molar-refractivity contribution is 5.24. The summed E-state index contributed by atoms with van der Waals surface area (Å²) in [6, 6.07) is 0. The van der Waals surface area contributed by atoms with E-state index in [9.17, 15) is 4.79 Å². The molecule has 0 spiro atoms. The Morgan fingerprint density at radius 2 is 2.12 bits per heavy atom. The van der Waals surface area contributed by atoms with Gasteiger partial charge in [0, 0.05) is 19.6 Å². The van der Waals surface area contributed by atoms with Gasteiger partial charge in [0.25, 0.3) is 5.56 Å². The average Bonchev–Trinajstić information content (AvgIpc) is 2.21. The minimum absolute atomic E-state index is 0.224. The van der Waals surface area contributed by atoms with E-state index >= 15 is 0 Å². The molecular weight excluding hydrogens is 210 g/mol. The summed E-state index contributed by atoms with van der Waals surface area (Å²) in [5.41, 5.74) is -0.607. The van der Waals surface area contributed by atoms with E-state index in [1.54, 1.807) is 14.2 Å². The molecule has 90 valence electrons. The summed E-state index contributed by atoms with van der Waals surface area (Å²) in [6.07, 6.45) is 0. The second kappa shape index (κ2) is 4.48. The molecule has 7 heteroatoms. The van der Waals surface area contributed by atoms with Crippen LogP contribution in [0.2, 0.25) is 0 Å². The van der Waals surface area contributed by atoms with Crippen molar-refractivity contribution in [3.05, 3.63) is 16.0 Å². The molecule has 0 aliphatic carbocycles. The third kappa shape index (κ3) is 2.13. The zero-order chi connectivity index (χ0) is 12.3. The van der Waals surface area contributed by atoms with Crippen molar-refractivity contribution in [2.24, 2.45) is 0 Å². The molecule has 0 bridgehead atoms. The maximum Gasteiger partial charge on any atom is 0.296 e. The highest BCUT2D eigenvalue weighted by Crippen LogP contribution is 2.17. The fraction of sp³-hybridized carbons (Fsp3) is 0.667. The van der Waals surface area contributed by atoms with E-state index in [1.165, 1.54) is 0 Å². The first-order valence-corrected chi connectivity index (χ1v) is 4.86. The molecule has 0 fully saturated rings. The molecule has 0 aliphatic rings. The number of ether oxygens (including phenoxy) is 1. The van der Waals surface area contributed by atoms with Crippen molar-refractivity contribution in [3.63, 3.8) is 0 Å². The van der Waals surface area contributed by atoms with Crippen LogP contribution in [0.25, 0.3) is 0 Å². The molecule has 0 amide bonds. The molecule has 1 aromatic heterocycles. The summed E-state index contributed by atoms with van der Waals surface area (Å²) in [5, 5.41) is 10.4. The smallest absolute Gasteiger partial charge is 0.296 e. The lowest BCUT2D eigenvalue weighted by molar-refractivity contribution is 0.143. The minimum atomic E-state index is -0.522. The van der Waals surface area contributed by atoms with E-state index < -0.39 is 5.41 Å². The Morgan fingerprint density at radius 3 is 2.62 bits per heavy atom. The van der Waals surface area contributed by atoms with E-state index in [0.717, 1.165) is 4.68 Å². The lowest BCUT2D eigenvalue weighted by Crippen LogP contribution is -2.40. The number of nitrogens with zero attached hydrogens (tertiary/aromatic N) is 3. The number of nitrogens with one attached hydrogen (secondary N) is 1. The van der Waals surface area contributed by atoms with Gasteiger partial charge in [-0.3, -0.25) is 4.79 Å². The van der Waals surface area contributed by atoms with Crippen molar-refractivity contribution in [3.8, 4) is 0 Å². The molecule has 1 heterocycles. The summed E-state index contributed by atoms with van der Waals surface area (Å²) >= 11 is 0. The number of nitrogen functional groups attached to an aromatic ring is 1. The van der Waals surface area contributed by atoms with E-state index in [-0.39, 0.29) is 17.2 Å². The summed E-state index contributed by atoms with van der Waals surface area (Å²) in [6.45, 7) is 4.07. The van der Waals surface area contributed by atoms with Gasteiger partial charge in [0.15, 0.2) is 0 Å². The summed E-state index contributed by atoms with van der Waals surface area (Å²) < 4.78 is 5.98. The third-order valence-corrected chi connectivity index (χ3v) is 2.26. The van der Waals surface area contributed by atoms with Gasteiger partial charge in [-0.25, -0.2) is 0 Å². The fourth-order valence-electron chi connectivity index (χ4n) is 1.42. The van der Waals surface area contributed by atoms with Gasteiger partial charge in [-0.2, -0.15) is 4.68 Å². The Labute approximate surface area is 93.6 Å². The maximum atomic E-state index is 11.9. The number of anilines is 1. The molecular formula is C9H17N5O2. The molecule has 1 rings (SSSR count). The van der Waals surface area contributed by atoms with Crippen molar-refractivity contribution in [1.82, 2.24) is 14.9 Å². The first-order valence-electron chi connectivity index (χ1n) is 4.86. The topological polar surface area (TPSA) is 95.1 Å². The lowest BCUT2D eigenvalue weighted by atomic mass is 9.91. The Morgan fingerprint density at radius 1 is 1.50 bits per heavy atom. The van der Waals surface area contributed by atoms with Crippen LogP contribution in [0.4, 0.5) is 5.95 Å². The van der Waals surface area contributed by atoms with Crippen LogP contribution in [0.5, 0.6) is 0 Å². The van der Waals surface area contributed by atoms with E-state index in [4.69, 9.17) is 10.6 Å². The summed E-state index contributed by atoms with van der Waals surface area (Å²) in [7, 11) is 3.19. The molecule has 0 aromatic carbocycles. The Balaban J connectivity index is 3.27. The average molecular weight is 227 g/mol. The van der Waals surface area contributed by atoms with E-state index in [2.05, 4.69) is 15.5 Å². The normalized spacial score (nSPS) is 11.5. The maximum absolute atomic E-state index is 11.9. The number of aromatic nitrogens is 3. The predicted molar refractivity (Wildman–Crippen MR) is 60.9 cm³/mol. The summed E-state index contributed by atoms with van der Waals surface area (Å²) in [5.74, 6) is 5.81.